The Labute approximate surface area is 56.6 Å². The molecule has 0 aliphatic rings. The van der Waals surface area contributed by atoms with Gasteiger partial charge in [-0.1, -0.05) is 13.8 Å². The minimum absolute atomic E-state index is 0.890. The molecule has 0 aromatic rings. The number of hydrogen-bond donors (Lipinski definition) is 0. The summed E-state index contributed by atoms with van der Waals surface area (Å²) in [4.78, 5) is 3.65. The molecule has 0 aliphatic heterocycles. The lowest BCUT2D eigenvalue weighted by molar-refractivity contribution is 1.17. The van der Waals surface area contributed by atoms with Gasteiger partial charge in [0.15, 0.2) is 0 Å². The summed E-state index contributed by atoms with van der Waals surface area (Å²) < 4.78 is 0. The van der Waals surface area contributed by atoms with Crippen LogP contribution in [0.15, 0.2) is 4.99 Å². The summed E-state index contributed by atoms with van der Waals surface area (Å²) in [5.74, 6) is 1.10. The van der Waals surface area contributed by atoms with E-state index in [0.717, 1.165) is 12.3 Å². The molecule has 0 saturated carbocycles. The van der Waals surface area contributed by atoms with Crippen LogP contribution >= 0.6 is 11.8 Å². The quantitative estimate of drug-likeness (QED) is 0.424. The molecule has 0 radical (unpaired) electrons. The Bertz CT molecular complexity index is 37.5. The van der Waals surface area contributed by atoms with Gasteiger partial charge in [0.25, 0.3) is 0 Å². The van der Waals surface area contributed by atoms with Crippen LogP contribution in [0, 0.1) is 0 Å². The third kappa shape index (κ3) is 16.6. The van der Waals surface area contributed by atoms with E-state index in [9.17, 15) is 0 Å². The molecular weight excluding hydrogens is 118 g/mol. The molecule has 0 N–H and O–H groups in total. The molecule has 0 rings (SSSR count). The predicted octanol–water partition coefficient (Wildman–Crippen LogP) is 2.08. The van der Waals surface area contributed by atoms with E-state index in [4.69, 9.17) is 0 Å². The molecule has 0 unspecified atom stereocenters. The lowest BCUT2D eigenvalue weighted by Crippen LogP contribution is -1.79. The number of thioether (sulfide) groups is 1. The maximum absolute atomic E-state index is 3.65. The van der Waals surface area contributed by atoms with Crippen LogP contribution in [-0.2, 0) is 0 Å². The summed E-state index contributed by atoms with van der Waals surface area (Å²) in [6.07, 6.45) is 2.06. The van der Waals surface area contributed by atoms with E-state index in [-0.39, 0.29) is 0 Å². The fourth-order valence-electron chi connectivity index (χ4n) is 0.156. The van der Waals surface area contributed by atoms with E-state index >= 15 is 0 Å². The average molecular weight is 133 g/mol. The Hall–Kier alpha value is 0.0200. The predicted molar refractivity (Wildman–Crippen MR) is 44.1 cm³/mol. The second-order valence-corrected chi connectivity index (χ2v) is 1.93. The molecule has 8 heavy (non-hydrogen) atoms. The highest BCUT2D eigenvalue weighted by Crippen LogP contribution is 1.87. The number of nitrogens with zero attached hydrogens (tertiary/aromatic N) is 1. The fourth-order valence-corrected chi connectivity index (χ4v) is 0.468. The summed E-state index contributed by atoms with van der Waals surface area (Å²) >= 11 is 1.79. The first-order valence-electron chi connectivity index (χ1n) is 2.83. The first-order valence-corrected chi connectivity index (χ1v) is 4.22. The summed E-state index contributed by atoms with van der Waals surface area (Å²) in [5.41, 5.74) is 0. The second-order valence-electron chi connectivity index (χ2n) is 0.940. The molecule has 0 atom stereocenters. The molecule has 0 bridgehead atoms. The van der Waals surface area contributed by atoms with Crippen LogP contribution in [0.25, 0.3) is 0 Å². The van der Waals surface area contributed by atoms with Crippen molar-refractivity contribution < 1.29 is 0 Å². The molecular formula is C6H15NS. The van der Waals surface area contributed by atoms with Crippen LogP contribution in [0.4, 0.5) is 0 Å². The van der Waals surface area contributed by atoms with Crippen molar-refractivity contribution in [2.75, 3.05) is 18.6 Å². The van der Waals surface area contributed by atoms with Gasteiger partial charge in [0, 0.05) is 12.3 Å². The SMILES string of the molecule is C=NCCSC.CC. The van der Waals surface area contributed by atoms with Gasteiger partial charge in [-0.25, -0.2) is 0 Å². The van der Waals surface area contributed by atoms with Gasteiger partial charge in [0.2, 0.25) is 0 Å². The van der Waals surface area contributed by atoms with Crippen molar-refractivity contribution >= 4 is 18.5 Å². The van der Waals surface area contributed by atoms with Crippen molar-refractivity contribution in [3.8, 4) is 0 Å². The molecule has 0 aromatic heterocycles. The van der Waals surface area contributed by atoms with Gasteiger partial charge in [-0.3, -0.25) is 0 Å². The maximum Gasteiger partial charge on any atom is 0.0472 e. The van der Waals surface area contributed by atoms with Crippen molar-refractivity contribution in [3.05, 3.63) is 0 Å². The van der Waals surface area contributed by atoms with Gasteiger partial charge in [0.1, 0.15) is 0 Å². The lowest BCUT2D eigenvalue weighted by atomic mass is 10.8. The molecule has 0 spiro atoms. The first-order chi connectivity index (χ1) is 3.91. The Morgan fingerprint density at radius 2 is 2.00 bits per heavy atom. The van der Waals surface area contributed by atoms with Crippen molar-refractivity contribution in [3.63, 3.8) is 0 Å². The van der Waals surface area contributed by atoms with Crippen LogP contribution in [-0.4, -0.2) is 25.3 Å². The van der Waals surface area contributed by atoms with Crippen molar-refractivity contribution in [1.82, 2.24) is 0 Å². The molecule has 0 fully saturated rings. The molecule has 2 heteroatoms. The van der Waals surface area contributed by atoms with E-state index in [1.165, 1.54) is 0 Å². The Morgan fingerprint density at radius 1 is 1.50 bits per heavy atom. The van der Waals surface area contributed by atoms with Gasteiger partial charge in [-0.15, -0.1) is 0 Å². The van der Waals surface area contributed by atoms with Gasteiger partial charge in [-0.05, 0) is 13.0 Å². The first kappa shape index (κ1) is 10.9. The molecule has 0 aliphatic carbocycles. The topological polar surface area (TPSA) is 12.4 Å². The van der Waals surface area contributed by atoms with Gasteiger partial charge < -0.3 is 4.99 Å². The molecule has 1 nitrogen and oxygen atoms in total. The van der Waals surface area contributed by atoms with E-state index in [2.05, 4.69) is 18.0 Å². The highest BCUT2D eigenvalue weighted by molar-refractivity contribution is 7.98. The Kier molecular flexibility index (Phi) is 21.5. The highest BCUT2D eigenvalue weighted by Gasteiger charge is 1.71. The van der Waals surface area contributed by atoms with Crippen molar-refractivity contribution in [2.45, 2.75) is 13.8 Å². The average Bonchev–Trinajstić information content (AvgIpc) is 1.88. The van der Waals surface area contributed by atoms with Crippen molar-refractivity contribution in [2.24, 2.45) is 4.99 Å². The van der Waals surface area contributed by atoms with E-state index in [1.807, 2.05) is 13.8 Å². The lowest BCUT2D eigenvalue weighted by Gasteiger charge is -1.82. The highest BCUT2D eigenvalue weighted by atomic mass is 32.2. The zero-order valence-electron chi connectivity index (χ0n) is 5.98. The van der Waals surface area contributed by atoms with E-state index in [0.29, 0.717) is 0 Å². The van der Waals surface area contributed by atoms with Crippen LogP contribution in [0.5, 0.6) is 0 Å². The Morgan fingerprint density at radius 3 is 2.12 bits per heavy atom. The number of hydrogen-bond acceptors (Lipinski definition) is 2. The van der Waals surface area contributed by atoms with Gasteiger partial charge in [0.05, 0.1) is 0 Å². The molecule has 0 heterocycles. The van der Waals surface area contributed by atoms with Crippen LogP contribution in [0.1, 0.15) is 13.8 Å². The molecule has 0 amide bonds. The Balaban J connectivity index is 0. The summed E-state index contributed by atoms with van der Waals surface area (Å²) in [6, 6.07) is 0. The normalized spacial score (nSPS) is 6.88. The zero-order chi connectivity index (χ0) is 6.83. The number of aliphatic imine (C=N–C) groups is 1. The molecule has 50 valence electrons. The summed E-state index contributed by atoms with van der Waals surface area (Å²) in [6.45, 7) is 8.22. The monoisotopic (exact) mass is 133 g/mol. The fraction of sp³-hybridized carbons (Fsp3) is 0.833. The molecule has 0 aromatic carbocycles. The third-order valence-electron chi connectivity index (χ3n) is 0.454. The molecule has 0 saturated heterocycles. The third-order valence-corrected chi connectivity index (χ3v) is 1.04. The minimum Gasteiger partial charge on any atom is -0.300 e. The van der Waals surface area contributed by atoms with Gasteiger partial charge >= 0.3 is 0 Å². The van der Waals surface area contributed by atoms with Gasteiger partial charge in [-0.2, -0.15) is 11.8 Å². The zero-order valence-corrected chi connectivity index (χ0v) is 6.79. The van der Waals surface area contributed by atoms with Crippen LogP contribution in [0.3, 0.4) is 0 Å². The summed E-state index contributed by atoms with van der Waals surface area (Å²) in [5, 5.41) is 0. The second kappa shape index (κ2) is 15.7. The van der Waals surface area contributed by atoms with Crippen LogP contribution < -0.4 is 0 Å². The number of rotatable bonds is 3. The maximum atomic E-state index is 3.65. The van der Waals surface area contributed by atoms with Crippen LogP contribution in [0.2, 0.25) is 0 Å². The largest absolute Gasteiger partial charge is 0.300 e. The minimum atomic E-state index is 0.890. The summed E-state index contributed by atoms with van der Waals surface area (Å²) in [7, 11) is 0. The van der Waals surface area contributed by atoms with E-state index < -0.39 is 0 Å². The van der Waals surface area contributed by atoms with Crippen molar-refractivity contribution in [1.29, 1.82) is 0 Å². The van der Waals surface area contributed by atoms with E-state index in [1.54, 1.807) is 11.8 Å². The smallest absolute Gasteiger partial charge is 0.0472 e. The standard InChI is InChI=1S/C4H9NS.C2H6/c1-5-3-4-6-2;1-2/h1,3-4H2,2H3;1-2H3.